The Morgan fingerprint density at radius 2 is 1.40 bits per heavy atom. The molecular formula is C17H14F6N2O4S. The third-order valence-electron chi connectivity index (χ3n) is 3.53. The highest BCUT2D eigenvalue weighted by Gasteiger charge is 2.37. The molecule has 0 aromatic heterocycles. The van der Waals surface area contributed by atoms with Gasteiger partial charge in [-0.3, -0.25) is 10.0 Å². The summed E-state index contributed by atoms with van der Waals surface area (Å²) in [6.45, 7) is 1.66. The van der Waals surface area contributed by atoms with Crippen LogP contribution in [0.2, 0.25) is 0 Å². The van der Waals surface area contributed by atoms with E-state index in [9.17, 15) is 39.6 Å². The second kappa shape index (κ2) is 8.42. The Morgan fingerprint density at radius 3 is 1.83 bits per heavy atom. The highest BCUT2D eigenvalue weighted by atomic mass is 32.2. The number of alkyl halides is 6. The molecule has 0 saturated heterocycles. The summed E-state index contributed by atoms with van der Waals surface area (Å²) >= 11 is 0. The molecule has 0 unspecified atom stereocenters. The molecule has 0 fully saturated rings. The van der Waals surface area contributed by atoms with Crippen LogP contribution in [0.5, 0.6) is 0 Å². The van der Waals surface area contributed by atoms with Crippen molar-refractivity contribution < 1.29 is 44.3 Å². The lowest BCUT2D eigenvalue weighted by Gasteiger charge is -2.15. The molecule has 0 saturated carbocycles. The molecular weight excluding hydrogens is 442 g/mol. The first-order valence-corrected chi connectivity index (χ1v) is 9.57. The van der Waals surface area contributed by atoms with E-state index in [1.165, 1.54) is 12.1 Å². The Bertz CT molecular complexity index is 986. The van der Waals surface area contributed by atoms with Crippen molar-refractivity contribution in [2.45, 2.75) is 24.2 Å². The number of hydrogen-bond donors (Lipinski definition) is 2. The topological polar surface area (TPSA) is 84.5 Å². The van der Waals surface area contributed by atoms with Crippen molar-refractivity contribution in [1.82, 2.24) is 0 Å². The average molecular weight is 456 g/mol. The van der Waals surface area contributed by atoms with Gasteiger partial charge in [-0.25, -0.2) is 13.2 Å². The highest BCUT2D eigenvalue weighted by Crippen LogP contribution is 2.38. The first-order valence-electron chi connectivity index (χ1n) is 8.08. The van der Waals surface area contributed by atoms with Gasteiger partial charge in [0.2, 0.25) is 0 Å². The fourth-order valence-corrected chi connectivity index (χ4v) is 3.27. The first kappa shape index (κ1) is 23.3. The van der Waals surface area contributed by atoms with Gasteiger partial charge in [0.25, 0.3) is 10.0 Å². The van der Waals surface area contributed by atoms with Gasteiger partial charge in [0.15, 0.2) is 0 Å². The molecule has 0 aliphatic rings. The first-order chi connectivity index (χ1) is 13.7. The standard InChI is InChI=1S/C17H14F6N2O4S/c1-2-29-15(26)24-12-3-5-14(6-4-12)30(27,28)25-13-8-10(16(18,19)20)7-11(9-13)17(21,22)23/h3-9,25H,2H2,1H3,(H,24,26). The number of halogens is 6. The second-order valence-corrected chi connectivity index (χ2v) is 7.45. The Labute approximate surface area is 166 Å². The van der Waals surface area contributed by atoms with Gasteiger partial charge in [-0.15, -0.1) is 0 Å². The number of amides is 1. The van der Waals surface area contributed by atoms with Gasteiger partial charge in [0, 0.05) is 5.69 Å². The molecule has 2 aromatic carbocycles. The van der Waals surface area contributed by atoms with Crippen LogP contribution in [0, 0.1) is 0 Å². The van der Waals surface area contributed by atoms with Crippen LogP contribution in [0.25, 0.3) is 0 Å². The Balaban J connectivity index is 2.33. The van der Waals surface area contributed by atoms with Crippen LogP contribution < -0.4 is 10.0 Å². The summed E-state index contributed by atoms with van der Waals surface area (Å²) in [5.41, 5.74) is -4.08. The molecule has 2 rings (SSSR count). The van der Waals surface area contributed by atoms with E-state index in [1.807, 2.05) is 0 Å². The number of rotatable bonds is 5. The largest absolute Gasteiger partial charge is 0.450 e. The quantitative estimate of drug-likeness (QED) is 0.614. The van der Waals surface area contributed by atoms with E-state index < -0.39 is 50.2 Å². The van der Waals surface area contributed by atoms with Crippen LogP contribution in [-0.4, -0.2) is 21.1 Å². The fraction of sp³-hybridized carbons (Fsp3) is 0.235. The number of carbonyl (C=O) groups excluding carboxylic acids is 1. The van der Waals surface area contributed by atoms with Crippen molar-refractivity contribution in [2.75, 3.05) is 16.6 Å². The van der Waals surface area contributed by atoms with Crippen LogP contribution in [0.3, 0.4) is 0 Å². The van der Waals surface area contributed by atoms with E-state index in [-0.39, 0.29) is 30.5 Å². The van der Waals surface area contributed by atoms with Crippen LogP contribution >= 0.6 is 0 Å². The Morgan fingerprint density at radius 1 is 0.900 bits per heavy atom. The molecule has 30 heavy (non-hydrogen) atoms. The molecule has 0 spiro atoms. The average Bonchev–Trinajstić information content (AvgIpc) is 2.60. The van der Waals surface area contributed by atoms with E-state index in [0.717, 1.165) is 12.1 Å². The van der Waals surface area contributed by atoms with E-state index in [2.05, 4.69) is 10.1 Å². The normalized spacial score (nSPS) is 12.4. The predicted octanol–water partition coefficient (Wildman–Crippen LogP) is 5.09. The minimum absolute atomic E-state index is 0.0963. The van der Waals surface area contributed by atoms with Gasteiger partial charge in [-0.05, 0) is 49.4 Å². The van der Waals surface area contributed by atoms with Crippen molar-refractivity contribution >= 4 is 27.5 Å². The number of anilines is 2. The molecule has 2 N–H and O–H groups in total. The maximum Gasteiger partial charge on any atom is 0.416 e. The molecule has 0 atom stereocenters. The summed E-state index contributed by atoms with van der Waals surface area (Å²) in [6, 6.07) is 4.72. The maximum absolute atomic E-state index is 12.9. The van der Waals surface area contributed by atoms with Gasteiger partial charge in [-0.2, -0.15) is 26.3 Å². The van der Waals surface area contributed by atoms with Crippen molar-refractivity contribution in [1.29, 1.82) is 0 Å². The molecule has 0 radical (unpaired) electrons. The number of sulfonamides is 1. The predicted molar refractivity (Wildman–Crippen MR) is 94.3 cm³/mol. The Kier molecular flexibility index (Phi) is 6.54. The van der Waals surface area contributed by atoms with E-state index in [4.69, 9.17) is 0 Å². The third kappa shape index (κ3) is 6.02. The lowest BCUT2D eigenvalue weighted by molar-refractivity contribution is -0.143. The lowest BCUT2D eigenvalue weighted by Crippen LogP contribution is -2.17. The van der Waals surface area contributed by atoms with Crippen LogP contribution in [0.15, 0.2) is 47.4 Å². The molecule has 0 aliphatic heterocycles. The fourth-order valence-electron chi connectivity index (χ4n) is 2.23. The minimum Gasteiger partial charge on any atom is -0.450 e. The molecule has 13 heteroatoms. The zero-order valence-corrected chi connectivity index (χ0v) is 15.9. The van der Waals surface area contributed by atoms with Crippen LogP contribution in [-0.2, 0) is 27.1 Å². The van der Waals surface area contributed by atoms with Crippen molar-refractivity contribution in [3.05, 3.63) is 53.6 Å². The number of nitrogens with one attached hydrogen (secondary N) is 2. The maximum atomic E-state index is 12.9. The summed E-state index contributed by atoms with van der Waals surface area (Å²) < 4.78 is 109. The van der Waals surface area contributed by atoms with E-state index >= 15 is 0 Å². The van der Waals surface area contributed by atoms with Crippen LogP contribution in [0.1, 0.15) is 18.1 Å². The smallest absolute Gasteiger partial charge is 0.416 e. The van der Waals surface area contributed by atoms with Gasteiger partial charge in [-0.1, -0.05) is 0 Å². The third-order valence-corrected chi connectivity index (χ3v) is 4.92. The zero-order chi connectivity index (χ0) is 22.7. The molecule has 164 valence electrons. The summed E-state index contributed by atoms with van der Waals surface area (Å²) in [7, 11) is -4.52. The van der Waals surface area contributed by atoms with E-state index in [1.54, 1.807) is 11.6 Å². The van der Waals surface area contributed by atoms with E-state index in [0.29, 0.717) is 0 Å². The number of carbonyl (C=O) groups is 1. The van der Waals surface area contributed by atoms with Gasteiger partial charge in [0.1, 0.15) is 0 Å². The number of hydrogen-bond acceptors (Lipinski definition) is 4. The SMILES string of the molecule is CCOC(=O)Nc1ccc(S(=O)(=O)Nc2cc(C(F)(F)F)cc(C(F)(F)F)c2)cc1. The van der Waals surface area contributed by atoms with Gasteiger partial charge < -0.3 is 4.74 Å². The molecule has 2 aromatic rings. The van der Waals surface area contributed by atoms with Gasteiger partial charge in [0.05, 0.1) is 28.3 Å². The number of ether oxygens (including phenoxy) is 1. The van der Waals surface area contributed by atoms with Gasteiger partial charge >= 0.3 is 18.4 Å². The second-order valence-electron chi connectivity index (χ2n) is 5.77. The molecule has 0 bridgehead atoms. The summed E-state index contributed by atoms with van der Waals surface area (Å²) in [5, 5.41) is 2.29. The lowest BCUT2D eigenvalue weighted by atomic mass is 10.1. The van der Waals surface area contributed by atoms with Crippen molar-refractivity contribution in [2.24, 2.45) is 0 Å². The molecule has 6 nitrogen and oxygen atoms in total. The molecule has 1 amide bonds. The minimum atomic E-state index is -5.12. The summed E-state index contributed by atoms with van der Waals surface area (Å²) in [5.74, 6) is 0. The number of benzene rings is 2. The highest BCUT2D eigenvalue weighted by molar-refractivity contribution is 7.92. The monoisotopic (exact) mass is 456 g/mol. The summed E-state index contributed by atoms with van der Waals surface area (Å²) in [4.78, 5) is 10.9. The van der Waals surface area contributed by atoms with Crippen molar-refractivity contribution in [3.63, 3.8) is 0 Å². The Hall–Kier alpha value is -2.96. The summed E-state index contributed by atoms with van der Waals surface area (Å²) in [6.07, 6.45) is -11.0. The van der Waals surface area contributed by atoms with Crippen LogP contribution in [0.4, 0.5) is 42.5 Å². The van der Waals surface area contributed by atoms with Crippen molar-refractivity contribution in [3.8, 4) is 0 Å². The molecule has 0 heterocycles. The molecule has 0 aliphatic carbocycles. The zero-order valence-electron chi connectivity index (χ0n) is 15.1.